The first-order valence-electron chi connectivity index (χ1n) is 8.33. The molecule has 1 heterocycles. The summed E-state index contributed by atoms with van der Waals surface area (Å²) in [4.78, 5) is 27.8. The Morgan fingerprint density at radius 2 is 2.00 bits per heavy atom. The van der Waals surface area contributed by atoms with Crippen LogP contribution in [0.25, 0.3) is 10.9 Å². The lowest BCUT2D eigenvalue weighted by molar-refractivity contribution is -0.119. The average molecular weight is 327 g/mol. The normalized spacial score (nSPS) is 13.3. The van der Waals surface area contributed by atoms with Crippen LogP contribution in [0.1, 0.15) is 49.0 Å². The minimum Gasteiger partial charge on any atom is -0.356 e. The Labute approximate surface area is 142 Å². The van der Waals surface area contributed by atoms with Gasteiger partial charge in [0, 0.05) is 32.1 Å². The third kappa shape index (κ3) is 3.72. The fourth-order valence-corrected chi connectivity index (χ4v) is 3.21. The van der Waals surface area contributed by atoms with Crippen molar-refractivity contribution in [2.75, 3.05) is 13.6 Å². The van der Waals surface area contributed by atoms with Gasteiger partial charge in [0.1, 0.15) is 0 Å². The third-order valence-electron chi connectivity index (χ3n) is 4.47. The van der Waals surface area contributed by atoms with Crippen LogP contribution in [0.3, 0.4) is 0 Å². The first-order chi connectivity index (χ1) is 11.5. The van der Waals surface area contributed by atoms with Crippen LogP contribution in [0.5, 0.6) is 0 Å². The Bertz CT molecular complexity index is 742. The van der Waals surface area contributed by atoms with Crippen LogP contribution in [-0.2, 0) is 4.79 Å². The topological polar surface area (TPSA) is 71.1 Å². The van der Waals surface area contributed by atoms with Crippen molar-refractivity contribution >= 4 is 22.7 Å². The van der Waals surface area contributed by atoms with Crippen molar-refractivity contribution in [3.05, 3.63) is 41.6 Å². The minimum absolute atomic E-state index is 0.0188. The van der Waals surface area contributed by atoms with Crippen molar-refractivity contribution in [3.63, 3.8) is 0 Å². The summed E-state index contributed by atoms with van der Waals surface area (Å²) in [7, 11) is 1.63. The molecule has 128 valence electrons. The highest BCUT2D eigenvalue weighted by Crippen LogP contribution is 2.33. The summed E-state index contributed by atoms with van der Waals surface area (Å²) in [6.45, 7) is 6.42. The summed E-state index contributed by atoms with van der Waals surface area (Å²) >= 11 is 0. The first-order valence-corrected chi connectivity index (χ1v) is 8.33. The fraction of sp³-hybridized carbons (Fsp3) is 0.421. The largest absolute Gasteiger partial charge is 0.356 e. The molecular weight excluding hydrogens is 302 g/mol. The third-order valence-corrected chi connectivity index (χ3v) is 4.47. The molecule has 0 aliphatic rings. The van der Waals surface area contributed by atoms with E-state index in [1.54, 1.807) is 19.3 Å². The van der Waals surface area contributed by atoms with Gasteiger partial charge >= 0.3 is 0 Å². The van der Waals surface area contributed by atoms with Crippen LogP contribution in [0.15, 0.2) is 30.5 Å². The summed E-state index contributed by atoms with van der Waals surface area (Å²) in [6, 6.07) is 7.72. The number of amides is 2. The van der Waals surface area contributed by atoms with Crippen molar-refractivity contribution < 1.29 is 9.59 Å². The summed E-state index contributed by atoms with van der Waals surface area (Å²) in [6.07, 6.45) is 2.62. The van der Waals surface area contributed by atoms with Crippen molar-refractivity contribution in [3.8, 4) is 0 Å². The maximum absolute atomic E-state index is 12.1. The molecule has 2 amide bonds. The van der Waals surface area contributed by atoms with E-state index in [1.165, 1.54) is 6.92 Å². The van der Waals surface area contributed by atoms with Crippen LogP contribution in [-0.4, -0.2) is 30.4 Å². The molecule has 1 aromatic carbocycles. The zero-order valence-electron chi connectivity index (χ0n) is 14.7. The number of aromatic nitrogens is 1. The second-order valence-electron chi connectivity index (χ2n) is 6.11. The van der Waals surface area contributed by atoms with E-state index in [0.717, 1.165) is 22.9 Å². The number of hydrogen-bond donors (Lipinski definition) is 2. The molecule has 2 rings (SSSR count). The van der Waals surface area contributed by atoms with E-state index in [-0.39, 0.29) is 23.7 Å². The Hall–Kier alpha value is -2.43. The number of carbonyl (C=O) groups is 2. The van der Waals surface area contributed by atoms with Crippen molar-refractivity contribution in [2.24, 2.45) is 5.92 Å². The van der Waals surface area contributed by atoms with E-state index in [9.17, 15) is 9.59 Å². The van der Waals surface area contributed by atoms with E-state index >= 15 is 0 Å². The predicted octanol–water partition coefficient (Wildman–Crippen LogP) is 2.86. The number of fused-ring (bicyclic) bond motifs is 1. The number of para-hydroxylation sites is 1. The summed E-state index contributed by atoms with van der Waals surface area (Å²) in [5.41, 5.74) is 2.62. The van der Waals surface area contributed by atoms with E-state index in [1.807, 2.05) is 12.1 Å². The quantitative estimate of drug-likeness (QED) is 0.857. The van der Waals surface area contributed by atoms with Gasteiger partial charge in [0.2, 0.25) is 5.91 Å². The van der Waals surface area contributed by atoms with Gasteiger partial charge in [0.15, 0.2) is 0 Å². The Morgan fingerprint density at radius 3 is 2.62 bits per heavy atom. The molecule has 2 atom stereocenters. The lowest BCUT2D eigenvalue weighted by Gasteiger charge is -2.24. The molecule has 2 unspecified atom stereocenters. The van der Waals surface area contributed by atoms with Crippen LogP contribution < -0.4 is 10.6 Å². The molecule has 0 radical (unpaired) electrons. The molecule has 0 saturated carbocycles. The summed E-state index contributed by atoms with van der Waals surface area (Å²) < 4.78 is 0. The predicted molar refractivity (Wildman–Crippen MR) is 96.0 cm³/mol. The zero-order valence-corrected chi connectivity index (χ0v) is 14.7. The molecule has 5 heteroatoms. The van der Waals surface area contributed by atoms with Crippen LogP contribution in [0, 0.1) is 5.92 Å². The highest BCUT2D eigenvalue weighted by Gasteiger charge is 2.21. The molecule has 0 aliphatic heterocycles. The number of carbonyl (C=O) groups excluding carboxylic acids is 2. The molecule has 24 heavy (non-hydrogen) atoms. The van der Waals surface area contributed by atoms with Gasteiger partial charge in [0.25, 0.3) is 5.91 Å². The van der Waals surface area contributed by atoms with Crippen molar-refractivity contribution in [2.45, 2.75) is 33.1 Å². The van der Waals surface area contributed by atoms with Crippen LogP contribution in [0.2, 0.25) is 0 Å². The highest BCUT2D eigenvalue weighted by atomic mass is 16.2. The van der Waals surface area contributed by atoms with Gasteiger partial charge in [-0.15, -0.1) is 0 Å². The number of benzene rings is 1. The number of nitrogens with zero attached hydrogens (tertiary/aromatic N) is 1. The maximum Gasteiger partial charge on any atom is 0.251 e. The molecule has 2 N–H and O–H groups in total. The van der Waals surface area contributed by atoms with E-state index in [0.29, 0.717) is 12.1 Å². The van der Waals surface area contributed by atoms with Gasteiger partial charge in [-0.25, -0.2) is 0 Å². The molecule has 0 fully saturated rings. The van der Waals surface area contributed by atoms with Gasteiger partial charge in [-0.3, -0.25) is 14.6 Å². The zero-order chi connectivity index (χ0) is 17.7. The SMILES string of the molecule is CCC(c1cccc2c(C(=O)NC)ccnc12)C(C)CNC(C)=O. The van der Waals surface area contributed by atoms with Crippen molar-refractivity contribution in [1.82, 2.24) is 15.6 Å². The first kappa shape index (κ1) is 17.9. The standard InChI is InChI=1S/C19H25N3O2/c1-5-14(12(2)11-22-13(3)23)15-7-6-8-16-17(19(24)20-4)9-10-21-18(15)16/h6-10,12,14H,5,11H2,1-4H3,(H,20,24)(H,22,23). The molecule has 2 aromatic rings. The summed E-state index contributed by atoms with van der Waals surface area (Å²) in [5.74, 6) is 0.400. The fourth-order valence-electron chi connectivity index (χ4n) is 3.21. The second kappa shape index (κ2) is 7.90. The number of nitrogens with one attached hydrogen (secondary N) is 2. The van der Waals surface area contributed by atoms with Gasteiger partial charge in [-0.1, -0.05) is 32.0 Å². The molecule has 0 saturated heterocycles. The highest BCUT2D eigenvalue weighted by molar-refractivity contribution is 6.06. The van der Waals surface area contributed by atoms with Gasteiger partial charge in [-0.2, -0.15) is 0 Å². The van der Waals surface area contributed by atoms with Crippen LogP contribution >= 0.6 is 0 Å². The number of rotatable bonds is 6. The van der Waals surface area contributed by atoms with E-state index in [2.05, 4.69) is 35.5 Å². The van der Waals surface area contributed by atoms with E-state index in [4.69, 9.17) is 0 Å². The minimum atomic E-state index is -0.112. The Balaban J connectivity index is 2.47. The maximum atomic E-state index is 12.1. The summed E-state index contributed by atoms with van der Waals surface area (Å²) in [5, 5.41) is 6.43. The lowest BCUT2D eigenvalue weighted by Crippen LogP contribution is -2.28. The van der Waals surface area contributed by atoms with Gasteiger partial charge in [-0.05, 0) is 29.9 Å². The number of pyridine rings is 1. The van der Waals surface area contributed by atoms with Crippen molar-refractivity contribution in [1.29, 1.82) is 0 Å². The van der Waals surface area contributed by atoms with Gasteiger partial charge < -0.3 is 10.6 Å². The monoisotopic (exact) mass is 327 g/mol. The molecule has 0 bridgehead atoms. The number of hydrogen-bond acceptors (Lipinski definition) is 3. The lowest BCUT2D eigenvalue weighted by atomic mass is 9.83. The molecule has 5 nitrogen and oxygen atoms in total. The smallest absolute Gasteiger partial charge is 0.251 e. The second-order valence-corrected chi connectivity index (χ2v) is 6.11. The molecular formula is C19H25N3O2. The average Bonchev–Trinajstić information content (AvgIpc) is 2.59. The Kier molecular flexibility index (Phi) is 5.90. The van der Waals surface area contributed by atoms with Gasteiger partial charge in [0.05, 0.1) is 11.1 Å². The van der Waals surface area contributed by atoms with E-state index < -0.39 is 0 Å². The Morgan fingerprint density at radius 1 is 1.25 bits per heavy atom. The molecule has 0 spiro atoms. The molecule has 1 aromatic heterocycles. The van der Waals surface area contributed by atoms with Crippen LogP contribution in [0.4, 0.5) is 0 Å². The molecule has 0 aliphatic carbocycles.